The Hall–Kier alpha value is -0.160. The topological polar surface area (TPSA) is 67.1 Å². The van der Waals surface area contributed by atoms with E-state index in [2.05, 4.69) is 52.9 Å². The van der Waals surface area contributed by atoms with Crippen molar-refractivity contribution in [3.63, 3.8) is 0 Å². The summed E-state index contributed by atoms with van der Waals surface area (Å²) in [6.07, 6.45) is 3.26. The van der Waals surface area contributed by atoms with Gasteiger partial charge in [-0.05, 0) is 25.4 Å². The molecule has 1 aromatic rings. The van der Waals surface area contributed by atoms with Crippen LogP contribution in [0.4, 0.5) is 0 Å². The zero-order valence-corrected chi connectivity index (χ0v) is 20.2. The Bertz CT molecular complexity index is 513. The zero-order valence-electron chi connectivity index (χ0n) is 16.3. The van der Waals surface area contributed by atoms with E-state index in [-0.39, 0.29) is 24.0 Å². The van der Waals surface area contributed by atoms with Gasteiger partial charge in [0, 0.05) is 30.6 Å². The molecular formula is C16H33IN6S2. The fraction of sp³-hybridized carbons (Fsp3) is 0.812. The molecular weight excluding hydrogens is 467 g/mol. The molecule has 146 valence electrons. The summed E-state index contributed by atoms with van der Waals surface area (Å²) >= 11 is 3.82. The molecule has 0 aliphatic rings. The van der Waals surface area contributed by atoms with Crippen molar-refractivity contribution in [3.8, 4) is 0 Å². The molecule has 0 atom stereocenters. The maximum absolute atomic E-state index is 4.65. The molecule has 0 fully saturated rings. The number of aliphatic imine (C=N–C) groups is 1. The van der Waals surface area contributed by atoms with Crippen LogP contribution in [-0.2, 0) is 13.6 Å². The Balaban J connectivity index is 0.00000576. The summed E-state index contributed by atoms with van der Waals surface area (Å²) in [7, 11) is 1.97. The second kappa shape index (κ2) is 13.1. The normalized spacial score (nSPS) is 12.0. The minimum absolute atomic E-state index is 0. The average molecular weight is 501 g/mol. The monoisotopic (exact) mass is 500 g/mol. The van der Waals surface area contributed by atoms with Crippen LogP contribution in [0.5, 0.6) is 0 Å². The van der Waals surface area contributed by atoms with Gasteiger partial charge < -0.3 is 15.2 Å². The third-order valence-corrected chi connectivity index (χ3v) is 5.28. The van der Waals surface area contributed by atoms with Gasteiger partial charge in [0.25, 0.3) is 0 Å². The third-order valence-electron chi connectivity index (χ3n) is 3.31. The Morgan fingerprint density at radius 3 is 2.40 bits per heavy atom. The number of halogens is 1. The lowest BCUT2D eigenvalue weighted by Crippen LogP contribution is -2.39. The van der Waals surface area contributed by atoms with E-state index in [1.54, 1.807) is 0 Å². The highest BCUT2D eigenvalue weighted by atomic mass is 127. The zero-order chi connectivity index (χ0) is 18.0. The molecule has 0 saturated carbocycles. The summed E-state index contributed by atoms with van der Waals surface area (Å²) in [5, 5.41) is 15.1. The standard InChI is InChI=1S/C16H32N6S2.HI/c1-13-20-21-14(22(13)5)12-19-15(17-8-7-10-23-6)18-9-11-24-16(2,3)4;/h7-12H2,1-6H3,(H2,17,18,19);1H. The largest absolute Gasteiger partial charge is 0.356 e. The van der Waals surface area contributed by atoms with E-state index in [0.717, 1.165) is 48.6 Å². The summed E-state index contributed by atoms with van der Waals surface area (Å²) in [6, 6.07) is 0. The quantitative estimate of drug-likeness (QED) is 0.235. The molecule has 0 aromatic carbocycles. The third kappa shape index (κ3) is 11.2. The number of hydrogen-bond donors (Lipinski definition) is 2. The fourth-order valence-electron chi connectivity index (χ4n) is 1.86. The van der Waals surface area contributed by atoms with Crippen LogP contribution in [0.25, 0.3) is 0 Å². The Kier molecular flexibility index (Phi) is 13.0. The van der Waals surface area contributed by atoms with E-state index in [4.69, 9.17) is 0 Å². The summed E-state index contributed by atoms with van der Waals surface area (Å²) in [6.45, 7) is 11.0. The van der Waals surface area contributed by atoms with Gasteiger partial charge in [0.05, 0.1) is 0 Å². The van der Waals surface area contributed by atoms with Gasteiger partial charge in [-0.3, -0.25) is 0 Å². The lowest BCUT2D eigenvalue weighted by atomic mass is 10.3. The molecule has 0 aliphatic carbocycles. The van der Waals surface area contributed by atoms with Crippen molar-refractivity contribution in [3.05, 3.63) is 11.6 Å². The molecule has 1 heterocycles. The van der Waals surface area contributed by atoms with Crippen molar-refractivity contribution in [2.45, 2.75) is 45.4 Å². The Morgan fingerprint density at radius 2 is 1.84 bits per heavy atom. The van der Waals surface area contributed by atoms with E-state index in [1.807, 2.05) is 42.1 Å². The maximum atomic E-state index is 4.65. The second-order valence-corrected chi connectivity index (χ2v) is 9.46. The van der Waals surface area contributed by atoms with Gasteiger partial charge in [-0.2, -0.15) is 23.5 Å². The summed E-state index contributed by atoms with van der Waals surface area (Å²) in [4.78, 5) is 4.65. The molecule has 6 nitrogen and oxygen atoms in total. The number of guanidine groups is 1. The minimum atomic E-state index is 0. The Morgan fingerprint density at radius 1 is 1.16 bits per heavy atom. The van der Waals surface area contributed by atoms with Gasteiger partial charge in [0.15, 0.2) is 11.8 Å². The lowest BCUT2D eigenvalue weighted by molar-refractivity contribution is 0.750. The second-order valence-electron chi connectivity index (χ2n) is 6.55. The molecule has 2 N–H and O–H groups in total. The van der Waals surface area contributed by atoms with Gasteiger partial charge in [0.1, 0.15) is 12.4 Å². The van der Waals surface area contributed by atoms with Crippen LogP contribution in [0.1, 0.15) is 38.8 Å². The Labute approximate surface area is 178 Å². The average Bonchev–Trinajstić information content (AvgIpc) is 2.83. The van der Waals surface area contributed by atoms with Crippen molar-refractivity contribution in [1.82, 2.24) is 25.4 Å². The van der Waals surface area contributed by atoms with Crippen molar-refractivity contribution < 1.29 is 0 Å². The number of thioether (sulfide) groups is 2. The van der Waals surface area contributed by atoms with Gasteiger partial charge in [0.2, 0.25) is 0 Å². The molecule has 0 unspecified atom stereocenters. The first-order valence-electron chi connectivity index (χ1n) is 8.33. The highest BCUT2D eigenvalue weighted by Crippen LogP contribution is 2.21. The van der Waals surface area contributed by atoms with E-state index >= 15 is 0 Å². The fourth-order valence-corrected chi connectivity index (χ4v) is 3.11. The van der Waals surface area contributed by atoms with Crippen molar-refractivity contribution >= 4 is 53.5 Å². The molecule has 0 aliphatic heterocycles. The van der Waals surface area contributed by atoms with Crippen molar-refractivity contribution in [2.75, 3.05) is 30.9 Å². The van der Waals surface area contributed by atoms with Crippen LogP contribution in [0.3, 0.4) is 0 Å². The van der Waals surface area contributed by atoms with E-state index in [9.17, 15) is 0 Å². The lowest BCUT2D eigenvalue weighted by Gasteiger charge is -2.18. The number of aromatic nitrogens is 3. The van der Waals surface area contributed by atoms with Gasteiger partial charge in [-0.25, -0.2) is 4.99 Å². The van der Waals surface area contributed by atoms with Crippen LogP contribution < -0.4 is 10.6 Å². The summed E-state index contributed by atoms with van der Waals surface area (Å²) < 4.78 is 2.27. The molecule has 0 saturated heterocycles. The number of hydrogen-bond acceptors (Lipinski definition) is 5. The summed E-state index contributed by atoms with van der Waals surface area (Å²) in [5.41, 5.74) is 0. The molecule has 0 radical (unpaired) electrons. The van der Waals surface area contributed by atoms with E-state index in [1.165, 1.54) is 0 Å². The number of rotatable bonds is 9. The highest BCUT2D eigenvalue weighted by molar-refractivity contribution is 14.0. The predicted molar refractivity (Wildman–Crippen MR) is 124 cm³/mol. The molecule has 0 amide bonds. The van der Waals surface area contributed by atoms with Gasteiger partial charge >= 0.3 is 0 Å². The molecule has 1 aromatic heterocycles. The number of nitrogens with one attached hydrogen (secondary N) is 2. The molecule has 1 rings (SSSR count). The van der Waals surface area contributed by atoms with E-state index < -0.39 is 0 Å². The van der Waals surface area contributed by atoms with Crippen LogP contribution in [0, 0.1) is 6.92 Å². The smallest absolute Gasteiger partial charge is 0.191 e. The SMILES string of the molecule is CSCCCNC(=NCc1nnc(C)n1C)NCCSC(C)(C)C.I. The van der Waals surface area contributed by atoms with Crippen molar-refractivity contribution in [2.24, 2.45) is 12.0 Å². The summed E-state index contributed by atoms with van der Waals surface area (Å²) in [5.74, 6) is 4.85. The molecule has 0 bridgehead atoms. The van der Waals surface area contributed by atoms with Crippen LogP contribution >= 0.6 is 47.5 Å². The highest BCUT2D eigenvalue weighted by Gasteiger charge is 2.10. The van der Waals surface area contributed by atoms with E-state index in [0.29, 0.717) is 11.3 Å². The minimum Gasteiger partial charge on any atom is -0.356 e. The maximum Gasteiger partial charge on any atom is 0.191 e. The first kappa shape index (κ1) is 24.8. The molecule has 0 spiro atoms. The first-order chi connectivity index (χ1) is 11.3. The van der Waals surface area contributed by atoms with Crippen LogP contribution in [-0.4, -0.2) is 56.3 Å². The molecule has 9 heteroatoms. The van der Waals surface area contributed by atoms with Crippen molar-refractivity contribution in [1.29, 1.82) is 0 Å². The van der Waals surface area contributed by atoms with Crippen LogP contribution in [0.2, 0.25) is 0 Å². The van der Waals surface area contributed by atoms with Gasteiger partial charge in [-0.1, -0.05) is 20.8 Å². The molecule has 25 heavy (non-hydrogen) atoms. The number of aryl methyl sites for hydroxylation is 1. The number of nitrogens with zero attached hydrogens (tertiary/aromatic N) is 4. The van der Waals surface area contributed by atoms with Crippen LogP contribution in [0.15, 0.2) is 4.99 Å². The predicted octanol–water partition coefficient (Wildman–Crippen LogP) is 3.06. The van der Waals surface area contributed by atoms with Gasteiger partial charge in [-0.15, -0.1) is 34.2 Å². The first-order valence-corrected chi connectivity index (χ1v) is 10.7.